The molecular formula is C19H24N4. The van der Waals surface area contributed by atoms with Gasteiger partial charge in [-0.25, -0.2) is 0 Å². The molecule has 0 saturated carbocycles. The van der Waals surface area contributed by atoms with Gasteiger partial charge in [0.1, 0.15) is 0 Å². The molecule has 2 aromatic rings. The minimum Gasteiger partial charge on any atom is -0.330 e. The topological polar surface area (TPSA) is 65.9 Å². The summed E-state index contributed by atoms with van der Waals surface area (Å²) in [6.07, 6.45) is 3.65. The second-order valence-electron chi connectivity index (χ2n) is 6.68. The number of pyridine rings is 1. The Morgan fingerprint density at radius 2 is 1.61 bits per heavy atom. The van der Waals surface area contributed by atoms with Crippen molar-refractivity contribution in [1.29, 1.82) is 5.26 Å². The Kier molecular flexibility index (Phi) is 5.86. The average Bonchev–Trinajstić information content (AvgIpc) is 2.56. The molecule has 23 heavy (non-hydrogen) atoms. The molecule has 0 bridgehead atoms. The van der Waals surface area contributed by atoms with E-state index in [2.05, 4.69) is 29.8 Å². The summed E-state index contributed by atoms with van der Waals surface area (Å²) >= 11 is 0. The first kappa shape index (κ1) is 17.1. The molecule has 2 N–H and O–H groups in total. The summed E-state index contributed by atoms with van der Waals surface area (Å²) in [5.41, 5.74) is 9.09. The molecule has 1 heterocycles. The first-order valence-corrected chi connectivity index (χ1v) is 7.83. The highest BCUT2D eigenvalue weighted by Crippen LogP contribution is 2.19. The third-order valence-corrected chi connectivity index (χ3v) is 3.85. The van der Waals surface area contributed by atoms with E-state index >= 15 is 0 Å². The van der Waals surface area contributed by atoms with E-state index in [1.165, 1.54) is 11.1 Å². The summed E-state index contributed by atoms with van der Waals surface area (Å²) in [5.74, 6) is 0. The number of nitrogens with two attached hydrogens (primary N) is 1. The highest BCUT2D eigenvalue weighted by molar-refractivity contribution is 5.31. The van der Waals surface area contributed by atoms with Crippen molar-refractivity contribution in [1.82, 2.24) is 9.88 Å². The normalized spacial score (nSPS) is 11.4. The fourth-order valence-corrected chi connectivity index (χ4v) is 2.53. The van der Waals surface area contributed by atoms with Crippen molar-refractivity contribution in [2.75, 3.05) is 13.1 Å². The van der Waals surface area contributed by atoms with Crippen molar-refractivity contribution in [3.8, 4) is 6.07 Å². The van der Waals surface area contributed by atoms with Crippen LogP contribution in [0.4, 0.5) is 0 Å². The minimum absolute atomic E-state index is 0.0552. The van der Waals surface area contributed by atoms with Crippen LogP contribution in [0.2, 0.25) is 0 Å². The molecule has 0 aliphatic heterocycles. The van der Waals surface area contributed by atoms with E-state index in [4.69, 9.17) is 11.0 Å². The van der Waals surface area contributed by atoms with E-state index in [1.807, 2.05) is 48.8 Å². The molecule has 0 amide bonds. The van der Waals surface area contributed by atoms with Crippen molar-refractivity contribution >= 4 is 0 Å². The Morgan fingerprint density at radius 3 is 2.13 bits per heavy atom. The zero-order chi connectivity index (χ0) is 16.7. The van der Waals surface area contributed by atoms with Crippen molar-refractivity contribution in [2.45, 2.75) is 26.9 Å². The molecule has 2 rings (SSSR count). The van der Waals surface area contributed by atoms with Gasteiger partial charge >= 0.3 is 0 Å². The van der Waals surface area contributed by atoms with Gasteiger partial charge in [0.2, 0.25) is 0 Å². The molecule has 0 fully saturated rings. The number of aromatic nitrogens is 1. The third kappa shape index (κ3) is 5.48. The Hall–Kier alpha value is -2.22. The van der Waals surface area contributed by atoms with Crippen LogP contribution in [0.25, 0.3) is 0 Å². The van der Waals surface area contributed by atoms with Gasteiger partial charge in [-0.05, 0) is 47.4 Å². The van der Waals surface area contributed by atoms with E-state index in [1.54, 1.807) is 0 Å². The van der Waals surface area contributed by atoms with Crippen LogP contribution in [0.5, 0.6) is 0 Å². The van der Waals surface area contributed by atoms with Gasteiger partial charge in [0.05, 0.1) is 11.6 Å². The van der Waals surface area contributed by atoms with Gasteiger partial charge in [-0.2, -0.15) is 5.26 Å². The molecule has 0 aliphatic rings. The molecule has 0 unspecified atom stereocenters. The van der Waals surface area contributed by atoms with E-state index in [-0.39, 0.29) is 5.41 Å². The summed E-state index contributed by atoms with van der Waals surface area (Å²) in [4.78, 5) is 6.47. The summed E-state index contributed by atoms with van der Waals surface area (Å²) in [7, 11) is 0. The summed E-state index contributed by atoms with van der Waals surface area (Å²) < 4.78 is 0. The van der Waals surface area contributed by atoms with Crippen LogP contribution < -0.4 is 5.73 Å². The average molecular weight is 308 g/mol. The van der Waals surface area contributed by atoms with E-state index in [0.717, 1.165) is 19.6 Å². The van der Waals surface area contributed by atoms with Gasteiger partial charge in [0, 0.05) is 32.0 Å². The zero-order valence-corrected chi connectivity index (χ0v) is 13.9. The largest absolute Gasteiger partial charge is 0.330 e. The summed E-state index contributed by atoms with van der Waals surface area (Å²) in [6, 6.07) is 14.0. The van der Waals surface area contributed by atoms with E-state index in [9.17, 15) is 0 Å². The molecular weight excluding hydrogens is 284 g/mol. The lowest BCUT2D eigenvalue weighted by molar-refractivity contribution is 0.168. The fourth-order valence-electron chi connectivity index (χ4n) is 2.53. The molecule has 4 heteroatoms. The number of rotatable bonds is 7. The highest BCUT2D eigenvalue weighted by Gasteiger charge is 2.20. The van der Waals surface area contributed by atoms with Gasteiger partial charge in [-0.15, -0.1) is 0 Å². The molecule has 1 aromatic carbocycles. The lowest BCUT2D eigenvalue weighted by Gasteiger charge is -2.32. The minimum atomic E-state index is 0.0552. The third-order valence-electron chi connectivity index (χ3n) is 3.85. The van der Waals surface area contributed by atoms with Gasteiger partial charge in [0.15, 0.2) is 0 Å². The molecule has 0 radical (unpaired) electrons. The maximum Gasteiger partial charge on any atom is 0.0991 e. The zero-order valence-electron chi connectivity index (χ0n) is 13.9. The van der Waals surface area contributed by atoms with Gasteiger partial charge < -0.3 is 5.73 Å². The first-order valence-electron chi connectivity index (χ1n) is 7.83. The van der Waals surface area contributed by atoms with Crippen LogP contribution in [-0.4, -0.2) is 23.0 Å². The monoisotopic (exact) mass is 308 g/mol. The molecule has 0 atom stereocenters. The Balaban J connectivity index is 2.13. The van der Waals surface area contributed by atoms with Gasteiger partial charge in [0.25, 0.3) is 0 Å². The Morgan fingerprint density at radius 1 is 1.04 bits per heavy atom. The van der Waals surface area contributed by atoms with Crippen LogP contribution in [0.1, 0.15) is 30.5 Å². The second kappa shape index (κ2) is 7.87. The number of hydrogen-bond acceptors (Lipinski definition) is 4. The van der Waals surface area contributed by atoms with Crippen LogP contribution in [0.15, 0.2) is 48.8 Å². The van der Waals surface area contributed by atoms with Crippen molar-refractivity contribution in [3.05, 3.63) is 65.5 Å². The lowest BCUT2D eigenvalue weighted by atomic mass is 9.92. The van der Waals surface area contributed by atoms with Crippen LogP contribution in [-0.2, 0) is 13.1 Å². The SMILES string of the molecule is CC(C)(CN)CN(Cc1ccncc1)Cc1ccc(C#N)cc1. The van der Waals surface area contributed by atoms with Crippen molar-refractivity contribution in [2.24, 2.45) is 11.1 Å². The van der Waals surface area contributed by atoms with Crippen LogP contribution >= 0.6 is 0 Å². The maximum absolute atomic E-state index is 8.91. The van der Waals surface area contributed by atoms with Crippen molar-refractivity contribution in [3.63, 3.8) is 0 Å². The number of nitriles is 1. The summed E-state index contributed by atoms with van der Waals surface area (Å²) in [6.45, 7) is 7.61. The Bertz CT molecular complexity index is 641. The van der Waals surface area contributed by atoms with E-state index in [0.29, 0.717) is 12.1 Å². The summed E-state index contributed by atoms with van der Waals surface area (Å²) in [5, 5.41) is 8.91. The molecule has 120 valence electrons. The Labute approximate surface area is 138 Å². The molecule has 0 aliphatic carbocycles. The number of hydrogen-bond donors (Lipinski definition) is 1. The van der Waals surface area contributed by atoms with Crippen molar-refractivity contribution < 1.29 is 0 Å². The van der Waals surface area contributed by atoms with Crippen LogP contribution in [0.3, 0.4) is 0 Å². The smallest absolute Gasteiger partial charge is 0.0991 e. The predicted molar refractivity (Wildman–Crippen MR) is 92.3 cm³/mol. The number of benzene rings is 1. The maximum atomic E-state index is 8.91. The molecule has 0 spiro atoms. The highest BCUT2D eigenvalue weighted by atomic mass is 15.1. The second-order valence-corrected chi connectivity index (χ2v) is 6.68. The number of nitrogens with zero attached hydrogens (tertiary/aromatic N) is 3. The standard InChI is InChI=1S/C19H24N4/c1-19(2,14-21)15-23(13-18-7-9-22-10-8-18)12-17-5-3-16(11-20)4-6-17/h3-10H,12-15,21H2,1-2H3. The quantitative estimate of drug-likeness (QED) is 0.854. The van der Waals surface area contributed by atoms with Gasteiger partial charge in [-0.1, -0.05) is 26.0 Å². The lowest BCUT2D eigenvalue weighted by Crippen LogP contribution is -2.38. The first-order chi connectivity index (χ1) is 11.0. The molecule has 0 saturated heterocycles. The van der Waals surface area contributed by atoms with Crippen LogP contribution in [0, 0.1) is 16.7 Å². The fraction of sp³-hybridized carbons (Fsp3) is 0.368. The molecule has 1 aromatic heterocycles. The van der Waals surface area contributed by atoms with E-state index < -0.39 is 0 Å². The molecule has 4 nitrogen and oxygen atoms in total. The predicted octanol–water partition coefficient (Wildman–Crippen LogP) is 2.94. The van der Waals surface area contributed by atoms with Gasteiger partial charge in [-0.3, -0.25) is 9.88 Å².